The van der Waals surface area contributed by atoms with Crippen LogP contribution in [0.5, 0.6) is 0 Å². The number of nitrogens with zero attached hydrogens (tertiary/aromatic N) is 1. The minimum absolute atomic E-state index is 0.0196. The standard InChI is InChI=1S/C22H25N3O/c1-25(2)17-9-11-21-19(14-17)18-13-16(8-10-20(18)24-21)23-22(26)12-15-6-4-3-5-7-15/h3-8,10,13,17,24H,9,11-12,14H2,1-2H3,(H,23,26). The van der Waals surface area contributed by atoms with Crippen LogP contribution in [0.2, 0.25) is 0 Å². The molecule has 4 nitrogen and oxygen atoms in total. The molecular weight excluding hydrogens is 322 g/mol. The molecule has 0 aliphatic heterocycles. The number of benzene rings is 2. The van der Waals surface area contributed by atoms with E-state index in [1.807, 2.05) is 36.4 Å². The van der Waals surface area contributed by atoms with Crippen LogP contribution >= 0.6 is 0 Å². The van der Waals surface area contributed by atoms with Gasteiger partial charge in [0.25, 0.3) is 0 Å². The average Bonchev–Trinajstić information content (AvgIpc) is 2.99. The number of aromatic amines is 1. The number of anilines is 1. The Morgan fingerprint density at radius 3 is 2.77 bits per heavy atom. The Kier molecular flexibility index (Phi) is 4.51. The van der Waals surface area contributed by atoms with Crippen molar-refractivity contribution in [1.82, 2.24) is 9.88 Å². The summed E-state index contributed by atoms with van der Waals surface area (Å²) >= 11 is 0. The normalized spacial score (nSPS) is 16.7. The van der Waals surface area contributed by atoms with Gasteiger partial charge in [0, 0.05) is 28.3 Å². The van der Waals surface area contributed by atoms with Gasteiger partial charge in [-0.1, -0.05) is 30.3 Å². The summed E-state index contributed by atoms with van der Waals surface area (Å²) in [5.41, 5.74) is 5.82. The van der Waals surface area contributed by atoms with Crippen molar-refractivity contribution < 1.29 is 4.79 Å². The van der Waals surface area contributed by atoms with Crippen LogP contribution in [0.25, 0.3) is 10.9 Å². The Hall–Kier alpha value is -2.59. The third kappa shape index (κ3) is 3.37. The highest BCUT2D eigenvalue weighted by molar-refractivity contribution is 5.96. The number of carbonyl (C=O) groups excluding carboxylic acids is 1. The Bertz CT molecular complexity index is 927. The van der Waals surface area contributed by atoms with Crippen molar-refractivity contribution in [3.8, 4) is 0 Å². The lowest BCUT2D eigenvalue weighted by molar-refractivity contribution is -0.115. The van der Waals surface area contributed by atoms with E-state index < -0.39 is 0 Å². The summed E-state index contributed by atoms with van der Waals surface area (Å²) in [5, 5.41) is 4.29. The molecule has 1 aliphatic rings. The molecule has 4 heteroatoms. The summed E-state index contributed by atoms with van der Waals surface area (Å²) in [6, 6.07) is 16.6. The number of hydrogen-bond donors (Lipinski definition) is 2. The van der Waals surface area contributed by atoms with Gasteiger partial charge in [-0.25, -0.2) is 0 Å². The largest absolute Gasteiger partial charge is 0.358 e. The summed E-state index contributed by atoms with van der Waals surface area (Å²) in [6.07, 6.45) is 3.73. The first-order valence-corrected chi connectivity index (χ1v) is 9.24. The Morgan fingerprint density at radius 2 is 2.00 bits per heavy atom. The van der Waals surface area contributed by atoms with E-state index in [-0.39, 0.29) is 5.91 Å². The highest BCUT2D eigenvalue weighted by atomic mass is 16.1. The Balaban J connectivity index is 1.56. The van der Waals surface area contributed by atoms with Gasteiger partial charge in [0.05, 0.1) is 6.42 Å². The van der Waals surface area contributed by atoms with Gasteiger partial charge in [0.1, 0.15) is 0 Å². The first kappa shape index (κ1) is 16.9. The maximum atomic E-state index is 12.4. The van der Waals surface area contributed by atoms with Gasteiger partial charge < -0.3 is 15.2 Å². The minimum atomic E-state index is 0.0196. The third-order valence-corrected chi connectivity index (χ3v) is 5.38. The van der Waals surface area contributed by atoms with Gasteiger partial charge in [-0.2, -0.15) is 0 Å². The molecule has 0 saturated heterocycles. The van der Waals surface area contributed by atoms with Crippen molar-refractivity contribution in [1.29, 1.82) is 0 Å². The first-order valence-electron chi connectivity index (χ1n) is 9.24. The topological polar surface area (TPSA) is 48.1 Å². The second kappa shape index (κ2) is 6.96. The summed E-state index contributed by atoms with van der Waals surface area (Å²) in [7, 11) is 4.31. The number of aryl methyl sites for hydroxylation is 1. The maximum absolute atomic E-state index is 12.4. The van der Waals surface area contributed by atoms with Crippen molar-refractivity contribution in [2.24, 2.45) is 0 Å². The van der Waals surface area contributed by atoms with E-state index in [0.717, 1.165) is 29.6 Å². The molecule has 0 fully saturated rings. The lowest BCUT2D eigenvalue weighted by Gasteiger charge is -2.28. The van der Waals surface area contributed by atoms with E-state index in [0.29, 0.717) is 12.5 Å². The van der Waals surface area contributed by atoms with Crippen molar-refractivity contribution in [3.63, 3.8) is 0 Å². The van der Waals surface area contributed by atoms with Crippen molar-refractivity contribution in [3.05, 3.63) is 65.4 Å². The maximum Gasteiger partial charge on any atom is 0.228 e. The highest BCUT2D eigenvalue weighted by Gasteiger charge is 2.23. The monoisotopic (exact) mass is 347 g/mol. The van der Waals surface area contributed by atoms with Gasteiger partial charge in [0.2, 0.25) is 5.91 Å². The molecule has 1 aliphatic carbocycles. The van der Waals surface area contributed by atoms with Crippen molar-refractivity contribution in [2.75, 3.05) is 19.4 Å². The molecule has 0 spiro atoms. The Labute approximate surface area is 154 Å². The van der Waals surface area contributed by atoms with Gasteiger partial charge >= 0.3 is 0 Å². The van der Waals surface area contributed by atoms with Gasteiger partial charge in [-0.05, 0) is 62.7 Å². The predicted molar refractivity (Wildman–Crippen MR) is 107 cm³/mol. The number of likely N-dealkylation sites (N-methyl/N-ethyl adjacent to an activating group) is 1. The van der Waals surface area contributed by atoms with Gasteiger partial charge in [-0.15, -0.1) is 0 Å². The molecule has 1 heterocycles. The van der Waals surface area contributed by atoms with E-state index >= 15 is 0 Å². The molecule has 0 radical (unpaired) electrons. The molecule has 3 aromatic rings. The van der Waals surface area contributed by atoms with Crippen molar-refractivity contribution >= 4 is 22.5 Å². The van der Waals surface area contributed by atoms with Crippen LogP contribution in [-0.4, -0.2) is 35.9 Å². The number of amides is 1. The molecule has 134 valence electrons. The van der Waals surface area contributed by atoms with Crippen LogP contribution in [0.15, 0.2) is 48.5 Å². The molecule has 0 saturated carbocycles. The molecule has 2 N–H and O–H groups in total. The third-order valence-electron chi connectivity index (χ3n) is 5.38. The van der Waals surface area contributed by atoms with Crippen molar-refractivity contribution in [2.45, 2.75) is 31.7 Å². The van der Waals surface area contributed by atoms with E-state index in [1.54, 1.807) is 0 Å². The molecule has 26 heavy (non-hydrogen) atoms. The fourth-order valence-corrected chi connectivity index (χ4v) is 3.90. The number of H-pyrrole nitrogens is 1. The zero-order valence-corrected chi connectivity index (χ0v) is 15.4. The van der Waals surface area contributed by atoms with Crippen LogP contribution in [0.4, 0.5) is 5.69 Å². The lowest BCUT2D eigenvalue weighted by atomic mass is 9.91. The number of carbonyl (C=O) groups is 1. The molecule has 4 rings (SSSR count). The number of hydrogen-bond acceptors (Lipinski definition) is 2. The molecule has 1 atom stereocenters. The summed E-state index contributed by atoms with van der Waals surface area (Å²) in [5.74, 6) is 0.0196. The molecule has 0 bridgehead atoms. The molecular formula is C22H25N3O. The van der Waals surface area contributed by atoms with Crippen LogP contribution in [-0.2, 0) is 24.1 Å². The number of aromatic nitrogens is 1. The second-order valence-electron chi connectivity index (χ2n) is 7.41. The quantitative estimate of drug-likeness (QED) is 0.755. The first-order chi connectivity index (χ1) is 12.6. The summed E-state index contributed by atoms with van der Waals surface area (Å²) < 4.78 is 0. The molecule has 1 amide bonds. The van der Waals surface area contributed by atoms with Crippen LogP contribution in [0.3, 0.4) is 0 Å². The summed E-state index contributed by atoms with van der Waals surface area (Å²) in [6.45, 7) is 0. The smallest absolute Gasteiger partial charge is 0.228 e. The second-order valence-corrected chi connectivity index (χ2v) is 7.41. The summed E-state index contributed by atoms with van der Waals surface area (Å²) in [4.78, 5) is 18.2. The SMILES string of the molecule is CN(C)C1CCc2[nH]c3ccc(NC(=O)Cc4ccccc4)cc3c2C1. The number of nitrogens with one attached hydrogen (secondary N) is 2. The van der Waals surface area contributed by atoms with Crippen LogP contribution < -0.4 is 5.32 Å². The predicted octanol–water partition coefficient (Wildman–Crippen LogP) is 3.77. The zero-order chi connectivity index (χ0) is 18.1. The van der Waals surface area contributed by atoms with E-state index in [9.17, 15) is 4.79 Å². The highest BCUT2D eigenvalue weighted by Crippen LogP contribution is 2.32. The van der Waals surface area contributed by atoms with Gasteiger partial charge in [-0.3, -0.25) is 4.79 Å². The lowest BCUT2D eigenvalue weighted by Crippen LogP contribution is -2.33. The van der Waals surface area contributed by atoms with Gasteiger partial charge in [0.15, 0.2) is 0 Å². The number of rotatable bonds is 4. The van der Waals surface area contributed by atoms with E-state index in [2.05, 4.69) is 41.4 Å². The zero-order valence-electron chi connectivity index (χ0n) is 15.4. The van der Waals surface area contributed by atoms with Crippen LogP contribution in [0.1, 0.15) is 23.2 Å². The Morgan fingerprint density at radius 1 is 1.19 bits per heavy atom. The fourth-order valence-electron chi connectivity index (χ4n) is 3.90. The van der Waals surface area contributed by atoms with Crippen LogP contribution in [0, 0.1) is 0 Å². The number of fused-ring (bicyclic) bond motifs is 3. The van der Waals surface area contributed by atoms with E-state index in [4.69, 9.17) is 0 Å². The minimum Gasteiger partial charge on any atom is -0.358 e. The molecule has 1 aromatic heterocycles. The average molecular weight is 347 g/mol. The molecule has 2 aromatic carbocycles. The fraction of sp³-hybridized carbons (Fsp3) is 0.318. The van der Waals surface area contributed by atoms with E-state index in [1.165, 1.54) is 23.1 Å². The molecule has 1 unspecified atom stereocenters.